The van der Waals surface area contributed by atoms with Gasteiger partial charge in [-0.05, 0) is 40.0 Å². The Hall–Kier alpha value is -1.05. The number of rotatable bonds is 3. The molecule has 1 aliphatic rings. The summed E-state index contributed by atoms with van der Waals surface area (Å²) in [4.78, 5) is 10.6. The van der Waals surface area contributed by atoms with Crippen molar-refractivity contribution in [3.8, 4) is 0 Å². The van der Waals surface area contributed by atoms with Gasteiger partial charge in [-0.25, -0.2) is 0 Å². The molecule has 1 aliphatic carbocycles. The van der Waals surface area contributed by atoms with Crippen LogP contribution < -0.4 is 0 Å². The van der Waals surface area contributed by atoms with Gasteiger partial charge in [0.2, 0.25) is 0 Å². The second-order valence-electron chi connectivity index (χ2n) is 5.31. The van der Waals surface area contributed by atoms with Crippen LogP contribution in [0.25, 0.3) is 0 Å². The molecule has 0 aromatic carbocycles. The molecule has 0 radical (unpaired) electrons. The molecule has 90 valence electrons. The number of hydrogen-bond acceptors (Lipinski definition) is 2. The van der Waals surface area contributed by atoms with Gasteiger partial charge in [-0.2, -0.15) is 0 Å². The van der Waals surface area contributed by atoms with Crippen molar-refractivity contribution in [2.45, 2.75) is 46.6 Å². The van der Waals surface area contributed by atoms with Crippen LogP contribution >= 0.6 is 0 Å². The van der Waals surface area contributed by atoms with Crippen molar-refractivity contribution in [3.05, 3.63) is 23.3 Å². The maximum absolute atomic E-state index is 10.6. The van der Waals surface area contributed by atoms with Gasteiger partial charge < -0.3 is 4.74 Å². The molecule has 0 saturated heterocycles. The zero-order valence-corrected chi connectivity index (χ0v) is 10.9. The van der Waals surface area contributed by atoms with E-state index in [0.717, 1.165) is 6.42 Å². The van der Waals surface area contributed by atoms with Gasteiger partial charge in [-0.3, -0.25) is 4.79 Å². The highest BCUT2D eigenvalue weighted by Crippen LogP contribution is 2.39. The third-order valence-corrected chi connectivity index (χ3v) is 3.47. The highest BCUT2D eigenvalue weighted by Gasteiger charge is 2.38. The van der Waals surface area contributed by atoms with E-state index < -0.39 is 5.60 Å². The van der Waals surface area contributed by atoms with Crippen molar-refractivity contribution >= 4 is 6.47 Å². The van der Waals surface area contributed by atoms with Crippen molar-refractivity contribution in [2.24, 2.45) is 11.8 Å². The number of carbonyl (C=O) groups excluding carboxylic acids is 1. The molecule has 3 atom stereocenters. The summed E-state index contributed by atoms with van der Waals surface area (Å²) in [5, 5.41) is 0. The molecular formula is C14H22O2. The molecule has 0 amide bonds. The van der Waals surface area contributed by atoms with E-state index in [1.54, 1.807) is 0 Å². The van der Waals surface area contributed by atoms with Gasteiger partial charge in [0.25, 0.3) is 6.47 Å². The van der Waals surface area contributed by atoms with E-state index in [1.165, 1.54) is 11.1 Å². The van der Waals surface area contributed by atoms with Crippen molar-refractivity contribution in [2.75, 3.05) is 0 Å². The summed E-state index contributed by atoms with van der Waals surface area (Å²) in [5.41, 5.74) is 2.25. The number of hydrogen-bond donors (Lipinski definition) is 0. The predicted octanol–water partition coefficient (Wildman–Crippen LogP) is 3.49. The van der Waals surface area contributed by atoms with Gasteiger partial charge in [0.15, 0.2) is 0 Å². The van der Waals surface area contributed by atoms with Crippen LogP contribution in [-0.2, 0) is 9.53 Å². The minimum absolute atomic E-state index is 0.193. The Morgan fingerprint density at radius 2 is 2.19 bits per heavy atom. The molecule has 16 heavy (non-hydrogen) atoms. The molecule has 0 saturated carbocycles. The van der Waals surface area contributed by atoms with Crippen LogP contribution in [0.1, 0.15) is 41.0 Å². The average molecular weight is 222 g/mol. The average Bonchev–Trinajstić information content (AvgIpc) is 2.14. The zero-order chi connectivity index (χ0) is 12.3. The van der Waals surface area contributed by atoms with E-state index in [2.05, 4.69) is 39.8 Å². The predicted molar refractivity (Wildman–Crippen MR) is 66.0 cm³/mol. The normalized spacial score (nSPS) is 33.9. The molecule has 3 unspecified atom stereocenters. The summed E-state index contributed by atoms with van der Waals surface area (Å²) >= 11 is 0. The number of allylic oxidation sites excluding steroid dienone is 2. The quantitative estimate of drug-likeness (QED) is 0.539. The van der Waals surface area contributed by atoms with Gasteiger partial charge >= 0.3 is 0 Å². The van der Waals surface area contributed by atoms with E-state index in [9.17, 15) is 4.79 Å². The molecule has 0 N–H and O–H groups in total. The lowest BCUT2D eigenvalue weighted by molar-refractivity contribution is -0.146. The molecule has 0 heterocycles. The Labute approximate surface area is 98.4 Å². The Kier molecular flexibility index (Phi) is 3.95. The molecule has 0 aromatic rings. The van der Waals surface area contributed by atoms with Crippen molar-refractivity contribution in [1.82, 2.24) is 0 Å². The molecule has 2 heteroatoms. The number of ether oxygens (including phenoxy) is 1. The minimum Gasteiger partial charge on any atom is -0.461 e. The first kappa shape index (κ1) is 13.0. The summed E-state index contributed by atoms with van der Waals surface area (Å²) in [6.07, 6.45) is 5.30. The van der Waals surface area contributed by atoms with Crippen molar-refractivity contribution in [1.29, 1.82) is 0 Å². The smallest absolute Gasteiger partial charge is 0.293 e. The standard InChI is InChI=1S/C14H22O2/c1-10(2)6-13-7-11(3)12(4)8-14(13,5)16-9-15/h6-7,9,12-13H,8H2,1-5H3. The number of carbonyl (C=O) groups is 1. The summed E-state index contributed by atoms with van der Waals surface area (Å²) in [6.45, 7) is 11.1. The van der Waals surface area contributed by atoms with Crippen molar-refractivity contribution in [3.63, 3.8) is 0 Å². The SMILES string of the molecule is CC(C)=CC1C=C(C)C(C)CC1(C)OC=O. The fourth-order valence-corrected chi connectivity index (χ4v) is 2.35. The topological polar surface area (TPSA) is 26.3 Å². The van der Waals surface area contributed by atoms with Crippen LogP contribution in [0, 0.1) is 11.8 Å². The lowest BCUT2D eigenvalue weighted by atomic mass is 9.73. The Morgan fingerprint density at radius 3 is 2.69 bits per heavy atom. The fourth-order valence-electron chi connectivity index (χ4n) is 2.35. The molecule has 0 aliphatic heterocycles. The highest BCUT2D eigenvalue weighted by atomic mass is 16.5. The summed E-state index contributed by atoms with van der Waals surface area (Å²) in [5.74, 6) is 0.672. The van der Waals surface area contributed by atoms with Crippen LogP contribution in [0.4, 0.5) is 0 Å². The second kappa shape index (κ2) is 4.86. The van der Waals surface area contributed by atoms with Gasteiger partial charge in [0.05, 0.1) is 0 Å². The summed E-state index contributed by atoms with van der Waals surface area (Å²) in [7, 11) is 0. The Bertz CT molecular complexity index is 324. The maximum atomic E-state index is 10.6. The minimum atomic E-state index is -0.391. The molecule has 2 nitrogen and oxygen atoms in total. The van der Waals surface area contributed by atoms with E-state index in [0.29, 0.717) is 12.4 Å². The molecule has 1 rings (SSSR count). The van der Waals surface area contributed by atoms with Gasteiger partial charge in [-0.15, -0.1) is 0 Å². The fraction of sp³-hybridized carbons (Fsp3) is 0.643. The molecule has 0 spiro atoms. The molecular weight excluding hydrogens is 200 g/mol. The third-order valence-electron chi connectivity index (χ3n) is 3.47. The first-order valence-electron chi connectivity index (χ1n) is 5.84. The first-order valence-corrected chi connectivity index (χ1v) is 5.84. The zero-order valence-electron chi connectivity index (χ0n) is 10.9. The highest BCUT2D eigenvalue weighted by molar-refractivity contribution is 5.39. The van der Waals surface area contributed by atoms with Crippen molar-refractivity contribution < 1.29 is 9.53 Å². The van der Waals surface area contributed by atoms with Crippen LogP contribution in [0.2, 0.25) is 0 Å². The van der Waals surface area contributed by atoms with Gasteiger partial charge in [0, 0.05) is 5.92 Å². The maximum Gasteiger partial charge on any atom is 0.293 e. The van der Waals surface area contributed by atoms with E-state index in [1.807, 2.05) is 6.92 Å². The summed E-state index contributed by atoms with van der Waals surface area (Å²) in [6, 6.07) is 0. The summed E-state index contributed by atoms with van der Waals surface area (Å²) < 4.78 is 5.33. The molecule has 0 bridgehead atoms. The van der Waals surface area contributed by atoms with Gasteiger partial charge in [-0.1, -0.05) is 30.2 Å². The Balaban J connectivity index is 3.06. The lowest BCUT2D eigenvalue weighted by Gasteiger charge is -2.39. The first-order chi connectivity index (χ1) is 7.39. The molecule has 0 fully saturated rings. The van der Waals surface area contributed by atoms with Crippen LogP contribution in [0.15, 0.2) is 23.3 Å². The van der Waals surface area contributed by atoms with E-state index in [4.69, 9.17) is 4.74 Å². The third kappa shape index (κ3) is 2.75. The lowest BCUT2D eigenvalue weighted by Crippen LogP contribution is -2.40. The Morgan fingerprint density at radius 1 is 1.56 bits per heavy atom. The van der Waals surface area contributed by atoms with Crippen LogP contribution in [-0.4, -0.2) is 12.1 Å². The monoisotopic (exact) mass is 222 g/mol. The van der Waals surface area contributed by atoms with E-state index >= 15 is 0 Å². The second-order valence-corrected chi connectivity index (χ2v) is 5.31. The van der Waals surface area contributed by atoms with E-state index in [-0.39, 0.29) is 5.92 Å². The molecule has 0 aromatic heterocycles. The van der Waals surface area contributed by atoms with Crippen LogP contribution in [0.3, 0.4) is 0 Å². The largest absolute Gasteiger partial charge is 0.461 e. The van der Waals surface area contributed by atoms with Crippen LogP contribution in [0.5, 0.6) is 0 Å². The van der Waals surface area contributed by atoms with Gasteiger partial charge in [0.1, 0.15) is 5.60 Å².